The van der Waals surface area contributed by atoms with E-state index in [1.165, 1.54) is 25.9 Å². The molecule has 0 aromatic heterocycles. The maximum atomic E-state index is 12.2. The van der Waals surface area contributed by atoms with Crippen LogP contribution in [0.2, 0.25) is 0 Å². The molecule has 0 N–H and O–H groups in total. The Morgan fingerprint density at radius 2 is 1.48 bits per heavy atom. The van der Waals surface area contributed by atoms with Crippen molar-refractivity contribution in [1.82, 2.24) is 9.80 Å². The number of hydrogen-bond donors (Lipinski definition) is 0. The van der Waals surface area contributed by atoms with Gasteiger partial charge in [0.25, 0.3) is 5.91 Å². The average molecular weight is 300 g/mol. The third kappa shape index (κ3) is 7.11. The molecule has 1 atom stereocenters. The van der Waals surface area contributed by atoms with Gasteiger partial charge in [-0.05, 0) is 19.8 Å². The lowest BCUT2D eigenvalue weighted by Gasteiger charge is -2.25. The Bertz CT molecular complexity index is 348. The van der Waals surface area contributed by atoms with Crippen LogP contribution in [0.25, 0.3) is 0 Å². The van der Waals surface area contributed by atoms with E-state index in [0.717, 1.165) is 25.7 Å². The highest BCUT2D eigenvalue weighted by Gasteiger charge is 2.30. The van der Waals surface area contributed by atoms with Crippen LogP contribution in [0.5, 0.6) is 0 Å². The van der Waals surface area contributed by atoms with Gasteiger partial charge in [-0.15, -0.1) is 0 Å². The maximum Gasteiger partial charge on any atom is 0.410 e. The van der Waals surface area contributed by atoms with E-state index in [0.29, 0.717) is 13.1 Å². The second-order valence-corrected chi connectivity index (χ2v) is 5.30. The zero-order chi connectivity index (χ0) is 16.4. The standard InChI is InChI=1S/C15H28N2O4/c1-6-8-10-17(11-9-7-2)15(20)21-13(12(3)18)14(19)16(4)5/h13H,6-11H2,1-5H3. The topological polar surface area (TPSA) is 66.9 Å². The molecule has 0 saturated heterocycles. The molecule has 6 nitrogen and oxygen atoms in total. The largest absolute Gasteiger partial charge is 0.428 e. The Labute approximate surface area is 127 Å². The maximum absolute atomic E-state index is 12.2. The second kappa shape index (κ2) is 10.2. The van der Waals surface area contributed by atoms with Crippen molar-refractivity contribution in [2.24, 2.45) is 0 Å². The summed E-state index contributed by atoms with van der Waals surface area (Å²) in [5.41, 5.74) is 0. The molecule has 0 heterocycles. The molecular weight excluding hydrogens is 272 g/mol. The van der Waals surface area contributed by atoms with Gasteiger partial charge in [0.05, 0.1) is 0 Å². The van der Waals surface area contributed by atoms with Gasteiger partial charge in [-0.25, -0.2) is 4.79 Å². The molecular formula is C15H28N2O4. The average Bonchev–Trinajstić information content (AvgIpc) is 2.43. The van der Waals surface area contributed by atoms with Crippen molar-refractivity contribution in [2.45, 2.75) is 52.6 Å². The molecule has 21 heavy (non-hydrogen) atoms. The molecule has 0 aliphatic rings. The molecule has 0 radical (unpaired) electrons. The van der Waals surface area contributed by atoms with Crippen molar-refractivity contribution in [3.63, 3.8) is 0 Å². The zero-order valence-electron chi connectivity index (χ0n) is 13.8. The Morgan fingerprint density at radius 1 is 1.00 bits per heavy atom. The van der Waals surface area contributed by atoms with E-state index in [4.69, 9.17) is 4.74 Å². The first kappa shape index (κ1) is 19.4. The summed E-state index contributed by atoms with van der Waals surface area (Å²) in [5.74, 6) is -0.977. The van der Waals surface area contributed by atoms with E-state index in [1.807, 2.05) is 13.8 Å². The molecule has 6 heteroatoms. The van der Waals surface area contributed by atoms with E-state index in [1.54, 1.807) is 4.90 Å². The number of Topliss-reactive ketones (excluding diaryl/α,β-unsaturated/α-hetero) is 1. The number of ketones is 1. The van der Waals surface area contributed by atoms with Crippen molar-refractivity contribution in [2.75, 3.05) is 27.2 Å². The van der Waals surface area contributed by atoms with Crippen LogP contribution in [0.4, 0.5) is 4.79 Å². The van der Waals surface area contributed by atoms with E-state index >= 15 is 0 Å². The summed E-state index contributed by atoms with van der Waals surface area (Å²) in [6.07, 6.45) is 1.72. The fourth-order valence-electron chi connectivity index (χ4n) is 1.71. The normalized spacial score (nSPS) is 11.7. The summed E-state index contributed by atoms with van der Waals surface area (Å²) in [5, 5.41) is 0. The first-order valence-corrected chi connectivity index (χ1v) is 7.52. The summed E-state index contributed by atoms with van der Waals surface area (Å²) in [4.78, 5) is 38.4. The number of hydrogen-bond acceptors (Lipinski definition) is 4. The highest BCUT2D eigenvalue weighted by Crippen LogP contribution is 2.07. The van der Waals surface area contributed by atoms with Crippen LogP contribution in [-0.4, -0.2) is 60.9 Å². The number of nitrogens with zero attached hydrogens (tertiary/aromatic N) is 2. The van der Waals surface area contributed by atoms with Gasteiger partial charge in [0.2, 0.25) is 6.10 Å². The molecule has 122 valence electrons. The quantitative estimate of drug-likeness (QED) is 0.611. The first-order chi connectivity index (χ1) is 9.84. The van der Waals surface area contributed by atoms with Crippen molar-refractivity contribution >= 4 is 17.8 Å². The molecule has 2 amide bonds. The highest BCUT2D eigenvalue weighted by molar-refractivity contribution is 6.04. The smallest absolute Gasteiger partial charge is 0.410 e. The van der Waals surface area contributed by atoms with Gasteiger partial charge in [0.1, 0.15) is 0 Å². The van der Waals surface area contributed by atoms with Crippen molar-refractivity contribution in [3.8, 4) is 0 Å². The van der Waals surface area contributed by atoms with Gasteiger partial charge in [-0.3, -0.25) is 9.59 Å². The lowest BCUT2D eigenvalue weighted by Crippen LogP contribution is -2.45. The SMILES string of the molecule is CCCCN(CCCC)C(=O)OC(C(C)=O)C(=O)N(C)C. The lowest BCUT2D eigenvalue weighted by molar-refractivity contribution is -0.145. The van der Waals surface area contributed by atoms with Gasteiger partial charge in [0.15, 0.2) is 5.78 Å². The van der Waals surface area contributed by atoms with E-state index in [2.05, 4.69) is 0 Å². The molecule has 0 bridgehead atoms. The molecule has 0 aliphatic heterocycles. The van der Waals surface area contributed by atoms with Crippen LogP contribution in [0.3, 0.4) is 0 Å². The van der Waals surface area contributed by atoms with Crippen LogP contribution >= 0.6 is 0 Å². The van der Waals surface area contributed by atoms with Gasteiger partial charge in [-0.1, -0.05) is 26.7 Å². The van der Waals surface area contributed by atoms with Crippen LogP contribution < -0.4 is 0 Å². The highest BCUT2D eigenvalue weighted by atomic mass is 16.6. The lowest BCUT2D eigenvalue weighted by atomic mass is 10.2. The van der Waals surface area contributed by atoms with Gasteiger partial charge in [-0.2, -0.15) is 0 Å². The molecule has 0 aliphatic carbocycles. The molecule has 1 unspecified atom stereocenters. The van der Waals surface area contributed by atoms with Gasteiger partial charge in [0, 0.05) is 27.2 Å². The molecule has 0 aromatic rings. The van der Waals surface area contributed by atoms with E-state index < -0.39 is 23.9 Å². The summed E-state index contributed by atoms with van der Waals surface area (Å²) in [7, 11) is 3.05. The third-order valence-corrected chi connectivity index (χ3v) is 3.07. The van der Waals surface area contributed by atoms with Crippen molar-refractivity contribution in [3.05, 3.63) is 0 Å². The minimum absolute atomic E-state index is 0.465. The fourth-order valence-corrected chi connectivity index (χ4v) is 1.71. The minimum Gasteiger partial charge on any atom is -0.428 e. The predicted molar refractivity (Wildman–Crippen MR) is 81.0 cm³/mol. The predicted octanol–water partition coefficient (Wildman–Crippen LogP) is 2.07. The van der Waals surface area contributed by atoms with Gasteiger partial charge < -0.3 is 14.5 Å². The summed E-state index contributed by atoms with van der Waals surface area (Å²) in [6, 6.07) is 0. The number of likely N-dealkylation sites (N-methyl/N-ethyl adjacent to an activating group) is 1. The first-order valence-electron chi connectivity index (χ1n) is 7.52. The molecule has 0 saturated carbocycles. The molecule has 0 rings (SSSR count). The Kier molecular flexibility index (Phi) is 9.41. The molecule has 0 fully saturated rings. The Hall–Kier alpha value is -1.59. The molecule has 0 spiro atoms. The van der Waals surface area contributed by atoms with Crippen molar-refractivity contribution < 1.29 is 19.1 Å². The number of carbonyl (C=O) groups is 3. The second-order valence-electron chi connectivity index (χ2n) is 5.30. The van der Waals surface area contributed by atoms with Crippen molar-refractivity contribution in [1.29, 1.82) is 0 Å². The Morgan fingerprint density at radius 3 is 1.81 bits per heavy atom. The number of amides is 2. The zero-order valence-corrected chi connectivity index (χ0v) is 13.8. The van der Waals surface area contributed by atoms with E-state index in [9.17, 15) is 14.4 Å². The third-order valence-electron chi connectivity index (χ3n) is 3.07. The number of unbranched alkanes of at least 4 members (excludes halogenated alkanes) is 2. The minimum atomic E-state index is -1.35. The van der Waals surface area contributed by atoms with Crippen LogP contribution in [0.15, 0.2) is 0 Å². The summed E-state index contributed by atoms with van der Waals surface area (Å²) in [6.45, 7) is 6.49. The number of rotatable bonds is 9. The Balaban J connectivity index is 4.81. The van der Waals surface area contributed by atoms with Crippen LogP contribution in [0.1, 0.15) is 46.5 Å². The van der Waals surface area contributed by atoms with Crippen LogP contribution in [-0.2, 0) is 14.3 Å². The summed E-state index contributed by atoms with van der Waals surface area (Å²) >= 11 is 0. The number of carbonyl (C=O) groups excluding carboxylic acids is 3. The van der Waals surface area contributed by atoms with Gasteiger partial charge >= 0.3 is 6.09 Å². The summed E-state index contributed by atoms with van der Waals surface area (Å²) < 4.78 is 5.14. The van der Waals surface area contributed by atoms with Crippen LogP contribution in [0, 0.1) is 0 Å². The van der Waals surface area contributed by atoms with E-state index in [-0.39, 0.29) is 0 Å². The number of ether oxygens (including phenoxy) is 1. The monoisotopic (exact) mass is 300 g/mol. The fraction of sp³-hybridized carbons (Fsp3) is 0.800. The molecule has 0 aromatic carbocycles.